The summed E-state index contributed by atoms with van der Waals surface area (Å²) in [6.07, 6.45) is 0. The van der Waals surface area contributed by atoms with E-state index in [-0.39, 0.29) is 28.5 Å². The van der Waals surface area contributed by atoms with E-state index in [1.54, 1.807) is 6.07 Å². The molecule has 0 saturated carbocycles. The molecule has 152 valence electrons. The average Bonchev–Trinajstić information content (AvgIpc) is 3.09. The number of aromatic amines is 1. The third kappa shape index (κ3) is 3.71. The number of nitrogens with zero attached hydrogens (tertiary/aromatic N) is 1. The molecule has 0 aliphatic rings. The van der Waals surface area contributed by atoms with Gasteiger partial charge in [-0.05, 0) is 28.7 Å². The number of carbonyl (C=O) groups excluding carboxylic acids is 2. The SMILES string of the molecule is CC(=O)c1nc(C(=O)NCc2ccc(C(C)(C)C)cc2)cc2c1[nH]c1ccccc12. The summed E-state index contributed by atoms with van der Waals surface area (Å²) in [5, 5.41) is 4.71. The molecule has 4 aromatic rings. The summed E-state index contributed by atoms with van der Waals surface area (Å²) in [7, 11) is 0. The Balaban J connectivity index is 1.63. The van der Waals surface area contributed by atoms with Crippen molar-refractivity contribution in [3.05, 3.63) is 77.1 Å². The Labute approximate surface area is 175 Å². The quantitative estimate of drug-likeness (QED) is 0.466. The normalized spacial score (nSPS) is 11.7. The number of ketones is 1. The van der Waals surface area contributed by atoms with Gasteiger partial charge in [0.05, 0.1) is 5.52 Å². The number of aromatic nitrogens is 2. The molecule has 0 radical (unpaired) electrons. The number of hydrogen-bond donors (Lipinski definition) is 2. The fourth-order valence-electron chi connectivity index (χ4n) is 3.61. The second kappa shape index (κ2) is 7.41. The van der Waals surface area contributed by atoms with Gasteiger partial charge in [-0.25, -0.2) is 4.98 Å². The zero-order valence-corrected chi connectivity index (χ0v) is 17.7. The first kappa shape index (κ1) is 19.8. The highest BCUT2D eigenvalue weighted by Crippen LogP contribution is 2.28. The molecule has 0 aliphatic heterocycles. The minimum atomic E-state index is -0.301. The van der Waals surface area contributed by atoms with Crippen molar-refractivity contribution < 1.29 is 9.59 Å². The first-order chi connectivity index (χ1) is 14.2. The van der Waals surface area contributed by atoms with E-state index in [4.69, 9.17) is 0 Å². The Morgan fingerprint density at radius 1 is 1.00 bits per heavy atom. The maximum absolute atomic E-state index is 12.8. The van der Waals surface area contributed by atoms with Crippen molar-refractivity contribution >= 4 is 33.5 Å². The smallest absolute Gasteiger partial charge is 0.270 e. The van der Waals surface area contributed by atoms with Crippen LogP contribution < -0.4 is 5.32 Å². The highest BCUT2D eigenvalue weighted by Gasteiger charge is 2.18. The van der Waals surface area contributed by atoms with Crippen LogP contribution in [0.5, 0.6) is 0 Å². The number of amides is 1. The van der Waals surface area contributed by atoms with Gasteiger partial charge in [0.15, 0.2) is 5.78 Å². The Bertz CT molecular complexity index is 1260. The van der Waals surface area contributed by atoms with E-state index < -0.39 is 0 Å². The summed E-state index contributed by atoms with van der Waals surface area (Å²) >= 11 is 0. The van der Waals surface area contributed by atoms with Crippen molar-refractivity contribution in [2.75, 3.05) is 0 Å². The third-order valence-electron chi connectivity index (χ3n) is 5.34. The Hall–Kier alpha value is -3.47. The van der Waals surface area contributed by atoms with E-state index in [0.29, 0.717) is 12.1 Å². The molecule has 5 heteroatoms. The number of para-hydroxylation sites is 1. The number of hydrogen-bond acceptors (Lipinski definition) is 3. The van der Waals surface area contributed by atoms with Gasteiger partial charge in [-0.15, -0.1) is 0 Å². The first-order valence-electron chi connectivity index (χ1n) is 10.0. The molecule has 0 atom stereocenters. The molecule has 2 aromatic heterocycles. The zero-order valence-electron chi connectivity index (χ0n) is 17.7. The monoisotopic (exact) mass is 399 g/mol. The molecule has 0 unspecified atom stereocenters. The number of nitrogens with one attached hydrogen (secondary N) is 2. The minimum Gasteiger partial charge on any atom is -0.353 e. The summed E-state index contributed by atoms with van der Waals surface area (Å²) in [6.45, 7) is 8.37. The number of pyridine rings is 1. The molecule has 30 heavy (non-hydrogen) atoms. The van der Waals surface area contributed by atoms with E-state index >= 15 is 0 Å². The van der Waals surface area contributed by atoms with Gasteiger partial charge in [0.2, 0.25) is 0 Å². The topological polar surface area (TPSA) is 74.8 Å². The highest BCUT2D eigenvalue weighted by atomic mass is 16.2. The number of benzene rings is 2. The molecule has 1 amide bonds. The van der Waals surface area contributed by atoms with Crippen molar-refractivity contribution in [1.82, 2.24) is 15.3 Å². The summed E-state index contributed by atoms with van der Waals surface area (Å²) in [5.74, 6) is -0.483. The molecule has 0 bridgehead atoms. The first-order valence-corrected chi connectivity index (χ1v) is 10.0. The molecule has 2 N–H and O–H groups in total. The standard InChI is InChI=1S/C25H25N3O2/c1-15(29)22-23-19(18-7-5-6-8-20(18)27-23)13-21(28-22)24(30)26-14-16-9-11-17(12-10-16)25(2,3)4/h5-13,27H,14H2,1-4H3,(H,26,30). The maximum atomic E-state index is 12.8. The predicted octanol–water partition coefficient (Wildman–Crippen LogP) is 5.15. The second-order valence-electron chi connectivity index (χ2n) is 8.64. The van der Waals surface area contributed by atoms with Gasteiger partial charge in [0.1, 0.15) is 11.4 Å². The Morgan fingerprint density at radius 3 is 2.37 bits per heavy atom. The molecule has 4 rings (SSSR count). The van der Waals surface area contributed by atoms with Crippen molar-refractivity contribution in [3.8, 4) is 0 Å². The summed E-state index contributed by atoms with van der Waals surface area (Å²) in [6, 6.07) is 17.8. The molecular weight excluding hydrogens is 374 g/mol. The number of Topliss-reactive ketones (excluding diaryl/α,β-unsaturated/α-hetero) is 1. The van der Waals surface area contributed by atoms with Gasteiger partial charge in [-0.2, -0.15) is 0 Å². The van der Waals surface area contributed by atoms with Crippen molar-refractivity contribution in [2.45, 2.75) is 39.7 Å². The maximum Gasteiger partial charge on any atom is 0.270 e. The Morgan fingerprint density at radius 2 is 1.70 bits per heavy atom. The lowest BCUT2D eigenvalue weighted by Crippen LogP contribution is -2.24. The van der Waals surface area contributed by atoms with Gasteiger partial charge in [0, 0.05) is 29.8 Å². The summed E-state index contributed by atoms with van der Waals surface area (Å²) < 4.78 is 0. The van der Waals surface area contributed by atoms with Crippen LogP contribution in [0.15, 0.2) is 54.6 Å². The molecule has 0 aliphatic carbocycles. The lowest BCUT2D eigenvalue weighted by molar-refractivity contribution is 0.0946. The molecule has 2 heterocycles. The molecule has 5 nitrogen and oxygen atoms in total. The number of rotatable bonds is 4. The summed E-state index contributed by atoms with van der Waals surface area (Å²) in [5.41, 5.74) is 4.44. The molecule has 0 saturated heterocycles. The van der Waals surface area contributed by atoms with Gasteiger partial charge in [-0.3, -0.25) is 9.59 Å². The molecule has 2 aromatic carbocycles. The van der Waals surface area contributed by atoms with Gasteiger partial charge >= 0.3 is 0 Å². The van der Waals surface area contributed by atoms with Crippen LogP contribution in [-0.2, 0) is 12.0 Å². The van der Waals surface area contributed by atoms with E-state index in [0.717, 1.165) is 21.9 Å². The fraction of sp³-hybridized carbons (Fsp3) is 0.240. The van der Waals surface area contributed by atoms with Crippen LogP contribution in [0, 0.1) is 0 Å². The molecule has 0 fully saturated rings. The van der Waals surface area contributed by atoms with Gasteiger partial charge in [0.25, 0.3) is 5.91 Å². The fourth-order valence-corrected chi connectivity index (χ4v) is 3.61. The largest absolute Gasteiger partial charge is 0.353 e. The number of fused-ring (bicyclic) bond motifs is 3. The second-order valence-corrected chi connectivity index (χ2v) is 8.64. The van der Waals surface area contributed by atoms with Crippen LogP contribution >= 0.6 is 0 Å². The number of H-pyrrole nitrogens is 1. The van der Waals surface area contributed by atoms with Crippen LogP contribution in [-0.4, -0.2) is 21.7 Å². The van der Waals surface area contributed by atoms with Crippen LogP contribution in [0.1, 0.15) is 59.8 Å². The van der Waals surface area contributed by atoms with E-state index in [9.17, 15) is 9.59 Å². The van der Waals surface area contributed by atoms with E-state index in [1.165, 1.54) is 12.5 Å². The van der Waals surface area contributed by atoms with Crippen molar-refractivity contribution in [1.29, 1.82) is 0 Å². The Kier molecular flexibility index (Phi) is 4.90. The van der Waals surface area contributed by atoms with Crippen molar-refractivity contribution in [3.63, 3.8) is 0 Å². The van der Waals surface area contributed by atoms with Crippen LogP contribution in [0.25, 0.3) is 21.8 Å². The van der Waals surface area contributed by atoms with Crippen LogP contribution in [0.4, 0.5) is 0 Å². The van der Waals surface area contributed by atoms with Crippen LogP contribution in [0.2, 0.25) is 0 Å². The van der Waals surface area contributed by atoms with E-state index in [2.05, 4.69) is 48.2 Å². The van der Waals surface area contributed by atoms with Crippen LogP contribution in [0.3, 0.4) is 0 Å². The molecular formula is C25H25N3O2. The third-order valence-corrected chi connectivity index (χ3v) is 5.34. The van der Waals surface area contributed by atoms with E-state index in [1.807, 2.05) is 36.4 Å². The lowest BCUT2D eigenvalue weighted by Gasteiger charge is -2.19. The zero-order chi connectivity index (χ0) is 21.5. The number of carbonyl (C=O) groups is 2. The lowest BCUT2D eigenvalue weighted by atomic mass is 9.87. The highest BCUT2D eigenvalue weighted by molar-refractivity contribution is 6.15. The molecule has 0 spiro atoms. The van der Waals surface area contributed by atoms with Gasteiger partial charge in [-0.1, -0.05) is 63.2 Å². The predicted molar refractivity (Wildman–Crippen MR) is 120 cm³/mol. The average molecular weight is 399 g/mol. The summed E-state index contributed by atoms with van der Waals surface area (Å²) in [4.78, 5) is 32.6. The van der Waals surface area contributed by atoms with Crippen molar-refractivity contribution in [2.24, 2.45) is 0 Å². The van der Waals surface area contributed by atoms with Gasteiger partial charge < -0.3 is 10.3 Å². The minimum absolute atomic E-state index is 0.0868.